The molecule has 2 aliphatic rings. The second-order valence-corrected chi connectivity index (χ2v) is 9.45. The third-order valence-corrected chi connectivity index (χ3v) is 6.86. The average molecular weight is 469 g/mol. The van der Waals surface area contributed by atoms with E-state index < -0.39 is 30.1 Å². The Kier molecular flexibility index (Phi) is 7.23. The summed E-state index contributed by atoms with van der Waals surface area (Å²) in [4.78, 5) is 36.9. The molecule has 0 aromatic heterocycles. The zero-order valence-corrected chi connectivity index (χ0v) is 19.3. The summed E-state index contributed by atoms with van der Waals surface area (Å²) < 4.78 is 5.56. The normalized spacial score (nSPS) is 16.3. The van der Waals surface area contributed by atoms with Gasteiger partial charge in [-0.05, 0) is 59.4 Å². The summed E-state index contributed by atoms with van der Waals surface area (Å²) in [5.41, 5.74) is 4.49. The van der Waals surface area contributed by atoms with Crippen LogP contribution < -0.4 is 10.6 Å². The van der Waals surface area contributed by atoms with Gasteiger partial charge >= 0.3 is 12.1 Å². The zero-order valence-electron chi connectivity index (χ0n) is 18.5. The van der Waals surface area contributed by atoms with E-state index in [4.69, 9.17) is 4.74 Å². The number of hydrogen-bond donors (Lipinski definition) is 3. The highest BCUT2D eigenvalue weighted by Crippen LogP contribution is 2.44. The molecule has 1 fully saturated rings. The fourth-order valence-electron chi connectivity index (χ4n) is 4.35. The highest BCUT2D eigenvalue weighted by molar-refractivity contribution is 7.98. The van der Waals surface area contributed by atoms with E-state index in [1.807, 2.05) is 42.7 Å². The van der Waals surface area contributed by atoms with E-state index in [9.17, 15) is 19.5 Å². The number of carboxylic acid groups (broad SMARTS) is 1. The molecule has 0 spiro atoms. The van der Waals surface area contributed by atoms with Crippen molar-refractivity contribution >= 4 is 29.7 Å². The highest BCUT2D eigenvalue weighted by Gasteiger charge is 2.38. The van der Waals surface area contributed by atoms with E-state index in [1.54, 1.807) is 11.8 Å². The van der Waals surface area contributed by atoms with Crippen molar-refractivity contribution in [1.29, 1.82) is 0 Å². The van der Waals surface area contributed by atoms with Gasteiger partial charge in [0.2, 0.25) is 5.91 Å². The lowest BCUT2D eigenvalue weighted by atomic mass is 9.98. The molecule has 0 saturated heterocycles. The monoisotopic (exact) mass is 468 g/mol. The van der Waals surface area contributed by atoms with Crippen LogP contribution in [0, 0.1) is 5.92 Å². The molecule has 0 radical (unpaired) electrons. The first-order chi connectivity index (χ1) is 16.0. The maximum atomic E-state index is 12.8. The third kappa shape index (κ3) is 5.33. The molecular formula is C25H28N2O5S. The molecule has 0 heterocycles. The van der Waals surface area contributed by atoms with Gasteiger partial charge in [0.25, 0.3) is 0 Å². The summed E-state index contributed by atoms with van der Waals surface area (Å²) in [6.07, 6.45) is 3.18. The predicted molar refractivity (Wildman–Crippen MR) is 127 cm³/mol. The van der Waals surface area contributed by atoms with E-state index in [0.29, 0.717) is 12.2 Å². The van der Waals surface area contributed by atoms with Gasteiger partial charge in [0.15, 0.2) is 0 Å². The molecule has 174 valence electrons. The smallest absolute Gasteiger partial charge is 0.407 e. The number of amides is 2. The lowest BCUT2D eigenvalue weighted by Gasteiger charge is -2.21. The van der Waals surface area contributed by atoms with Crippen molar-refractivity contribution in [3.63, 3.8) is 0 Å². The van der Waals surface area contributed by atoms with Crippen LogP contribution in [0.1, 0.15) is 36.3 Å². The van der Waals surface area contributed by atoms with Gasteiger partial charge in [0.05, 0.1) is 0 Å². The summed E-state index contributed by atoms with van der Waals surface area (Å²) in [6, 6.07) is 14.4. The molecule has 2 aliphatic carbocycles. The summed E-state index contributed by atoms with van der Waals surface area (Å²) in [5, 5.41) is 14.7. The summed E-state index contributed by atoms with van der Waals surface area (Å²) in [5.74, 6) is -1.01. The number of rotatable bonds is 10. The van der Waals surface area contributed by atoms with E-state index >= 15 is 0 Å². The van der Waals surface area contributed by atoms with E-state index in [1.165, 1.54) is 0 Å². The topological polar surface area (TPSA) is 105 Å². The van der Waals surface area contributed by atoms with Crippen LogP contribution in [0.2, 0.25) is 0 Å². The number of carbonyl (C=O) groups excluding carboxylic acids is 2. The van der Waals surface area contributed by atoms with Crippen molar-refractivity contribution in [3.05, 3.63) is 59.7 Å². The molecule has 0 bridgehead atoms. The lowest BCUT2D eigenvalue weighted by molar-refractivity contribution is -0.142. The van der Waals surface area contributed by atoms with Gasteiger partial charge in [-0.1, -0.05) is 48.5 Å². The maximum absolute atomic E-state index is 12.8. The Morgan fingerprint density at radius 2 is 1.64 bits per heavy atom. The SMILES string of the molecule is CSCCC(NC(=O)OCC1c2ccccc2-c2ccccc21)C(=O)NC(C(=O)O)C1CC1. The Balaban J connectivity index is 1.39. The molecule has 2 aromatic carbocycles. The summed E-state index contributed by atoms with van der Waals surface area (Å²) in [6.45, 7) is 0.149. The van der Waals surface area contributed by atoms with Gasteiger partial charge in [0.1, 0.15) is 18.7 Å². The van der Waals surface area contributed by atoms with Gasteiger partial charge in [-0.15, -0.1) is 0 Å². The largest absolute Gasteiger partial charge is 0.480 e. The Morgan fingerprint density at radius 1 is 1.03 bits per heavy atom. The molecule has 2 aromatic rings. The lowest BCUT2D eigenvalue weighted by Crippen LogP contribution is -2.52. The number of carbonyl (C=O) groups is 3. The molecule has 7 nitrogen and oxygen atoms in total. The Hall–Kier alpha value is -3.00. The van der Waals surface area contributed by atoms with Crippen molar-refractivity contribution in [3.8, 4) is 11.1 Å². The zero-order chi connectivity index (χ0) is 23.4. The fraction of sp³-hybridized carbons (Fsp3) is 0.400. The van der Waals surface area contributed by atoms with Crippen molar-refractivity contribution in [2.24, 2.45) is 5.92 Å². The number of hydrogen-bond acceptors (Lipinski definition) is 5. The first-order valence-corrected chi connectivity index (χ1v) is 12.5. The highest BCUT2D eigenvalue weighted by atomic mass is 32.2. The Bertz CT molecular complexity index is 993. The molecular weight excluding hydrogens is 440 g/mol. The molecule has 2 atom stereocenters. The quantitative estimate of drug-likeness (QED) is 0.492. The average Bonchev–Trinajstić information content (AvgIpc) is 3.61. The predicted octanol–water partition coefficient (Wildman–Crippen LogP) is 3.63. The molecule has 4 rings (SSSR count). The number of fused-ring (bicyclic) bond motifs is 3. The molecule has 33 heavy (non-hydrogen) atoms. The van der Waals surface area contributed by atoms with Gasteiger partial charge in [0, 0.05) is 5.92 Å². The maximum Gasteiger partial charge on any atom is 0.407 e. The number of aliphatic carboxylic acids is 1. The Morgan fingerprint density at radius 3 is 2.18 bits per heavy atom. The van der Waals surface area contributed by atoms with Gasteiger partial charge in [-0.3, -0.25) is 4.79 Å². The number of alkyl carbamates (subject to hydrolysis) is 1. The van der Waals surface area contributed by atoms with Crippen molar-refractivity contribution < 1.29 is 24.2 Å². The van der Waals surface area contributed by atoms with Crippen molar-refractivity contribution in [2.45, 2.75) is 37.3 Å². The third-order valence-electron chi connectivity index (χ3n) is 6.22. The van der Waals surface area contributed by atoms with Gasteiger partial charge in [-0.25, -0.2) is 9.59 Å². The van der Waals surface area contributed by atoms with Crippen LogP contribution >= 0.6 is 11.8 Å². The number of ether oxygens (including phenoxy) is 1. The van der Waals surface area contributed by atoms with Crippen LogP contribution in [0.3, 0.4) is 0 Å². The van der Waals surface area contributed by atoms with Crippen LogP contribution in [0.4, 0.5) is 4.79 Å². The van der Waals surface area contributed by atoms with Crippen LogP contribution in [0.25, 0.3) is 11.1 Å². The molecule has 2 amide bonds. The Labute approximate surface area is 197 Å². The molecule has 3 N–H and O–H groups in total. The molecule has 0 aliphatic heterocycles. The first kappa shape index (κ1) is 23.2. The van der Waals surface area contributed by atoms with Crippen LogP contribution in [-0.4, -0.2) is 53.8 Å². The number of carboxylic acids is 1. The molecule has 1 saturated carbocycles. The minimum absolute atomic E-state index is 0.0397. The van der Waals surface area contributed by atoms with Crippen molar-refractivity contribution in [2.75, 3.05) is 18.6 Å². The van der Waals surface area contributed by atoms with Crippen LogP contribution in [-0.2, 0) is 14.3 Å². The minimum atomic E-state index is -1.05. The standard InChI is InChI=1S/C25H28N2O5S/c1-33-13-12-21(23(28)27-22(24(29)30)15-10-11-15)26-25(31)32-14-20-18-8-4-2-6-16(18)17-7-3-5-9-19(17)20/h2-9,15,20-22H,10-14H2,1H3,(H,26,31)(H,27,28)(H,29,30). The van der Waals surface area contributed by atoms with E-state index in [-0.39, 0.29) is 18.4 Å². The van der Waals surface area contributed by atoms with E-state index in [0.717, 1.165) is 35.1 Å². The van der Waals surface area contributed by atoms with E-state index in [2.05, 4.69) is 22.8 Å². The molecule has 2 unspecified atom stereocenters. The second kappa shape index (κ2) is 10.3. The van der Waals surface area contributed by atoms with Crippen LogP contribution in [0.15, 0.2) is 48.5 Å². The van der Waals surface area contributed by atoms with Gasteiger partial charge in [-0.2, -0.15) is 11.8 Å². The first-order valence-electron chi connectivity index (χ1n) is 11.1. The number of nitrogens with one attached hydrogen (secondary N) is 2. The van der Waals surface area contributed by atoms with Gasteiger partial charge < -0.3 is 20.5 Å². The van der Waals surface area contributed by atoms with Crippen LogP contribution in [0.5, 0.6) is 0 Å². The summed E-state index contributed by atoms with van der Waals surface area (Å²) in [7, 11) is 0. The van der Waals surface area contributed by atoms with Crippen molar-refractivity contribution in [1.82, 2.24) is 10.6 Å². The second-order valence-electron chi connectivity index (χ2n) is 8.47. The number of benzene rings is 2. The molecule has 8 heteroatoms. The number of thioether (sulfide) groups is 1. The minimum Gasteiger partial charge on any atom is -0.480 e. The summed E-state index contributed by atoms with van der Waals surface area (Å²) >= 11 is 1.55. The fourth-order valence-corrected chi connectivity index (χ4v) is 4.82.